The number of para-hydroxylation sites is 2. The second-order valence-electron chi connectivity index (χ2n) is 6.57. The Balaban J connectivity index is 1.55. The molecule has 1 aromatic carbocycles. The van der Waals surface area contributed by atoms with Crippen LogP contribution in [0, 0.1) is 17.8 Å². The minimum Gasteiger partial charge on any atom is -0.506 e. The summed E-state index contributed by atoms with van der Waals surface area (Å²) in [6.07, 6.45) is 5.00. The molecule has 0 heterocycles. The van der Waals surface area contributed by atoms with Crippen molar-refractivity contribution in [3.05, 3.63) is 24.3 Å². The number of rotatable bonds is 3. The summed E-state index contributed by atoms with van der Waals surface area (Å²) in [5.41, 5.74) is 0.246. The lowest BCUT2D eigenvalue weighted by Gasteiger charge is -2.28. The normalized spacial score (nSPS) is 27.4. The SMILES string of the molecule is CC(NC(=O)C(=O)Nc1ccccc1O)C1CC2CCC1C2. The Morgan fingerprint density at radius 1 is 1.18 bits per heavy atom. The third-order valence-electron chi connectivity index (χ3n) is 5.15. The standard InChI is InChI=1S/C17H22N2O3/c1-10(13-9-11-6-7-12(13)8-11)18-16(21)17(22)19-14-4-2-3-5-15(14)20/h2-5,10-13,20H,6-9H2,1H3,(H,18,21)(H,19,22). The van der Waals surface area contributed by atoms with Gasteiger partial charge in [-0.1, -0.05) is 18.6 Å². The van der Waals surface area contributed by atoms with Gasteiger partial charge in [0.15, 0.2) is 0 Å². The largest absolute Gasteiger partial charge is 0.506 e. The van der Waals surface area contributed by atoms with Crippen molar-refractivity contribution in [2.24, 2.45) is 17.8 Å². The average Bonchev–Trinajstić information content (AvgIpc) is 3.12. The Morgan fingerprint density at radius 2 is 1.95 bits per heavy atom. The third-order valence-corrected chi connectivity index (χ3v) is 5.15. The van der Waals surface area contributed by atoms with E-state index in [1.165, 1.54) is 25.3 Å². The smallest absolute Gasteiger partial charge is 0.313 e. The van der Waals surface area contributed by atoms with Gasteiger partial charge in [-0.2, -0.15) is 0 Å². The number of amides is 2. The number of anilines is 1. The second-order valence-corrected chi connectivity index (χ2v) is 6.57. The Labute approximate surface area is 130 Å². The topological polar surface area (TPSA) is 78.4 Å². The van der Waals surface area contributed by atoms with Crippen molar-refractivity contribution in [3.8, 4) is 5.75 Å². The Kier molecular flexibility index (Phi) is 4.05. The molecule has 3 N–H and O–H groups in total. The number of nitrogens with one attached hydrogen (secondary N) is 2. The molecule has 4 atom stereocenters. The molecule has 2 bridgehead atoms. The van der Waals surface area contributed by atoms with Crippen LogP contribution in [0.25, 0.3) is 0 Å². The van der Waals surface area contributed by atoms with Crippen LogP contribution in [-0.4, -0.2) is 23.0 Å². The van der Waals surface area contributed by atoms with E-state index >= 15 is 0 Å². The third kappa shape index (κ3) is 2.93. The van der Waals surface area contributed by atoms with Crippen molar-refractivity contribution in [3.63, 3.8) is 0 Å². The van der Waals surface area contributed by atoms with Gasteiger partial charge in [0.2, 0.25) is 0 Å². The number of hydrogen-bond donors (Lipinski definition) is 3. The van der Waals surface area contributed by atoms with Crippen LogP contribution in [0.5, 0.6) is 5.75 Å². The van der Waals surface area contributed by atoms with E-state index in [2.05, 4.69) is 10.6 Å². The van der Waals surface area contributed by atoms with Crippen molar-refractivity contribution in [1.82, 2.24) is 5.32 Å². The first-order valence-corrected chi connectivity index (χ1v) is 7.94. The van der Waals surface area contributed by atoms with E-state index in [0.717, 1.165) is 12.3 Å². The number of phenols is 1. The lowest BCUT2D eigenvalue weighted by molar-refractivity contribution is -0.136. The Bertz CT molecular complexity index is 587. The van der Waals surface area contributed by atoms with Gasteiger partial charge in [-0.15, -0.1) is 0 Å². The van der Waals surface area contributed by atoms with Crippen LogP contribution in [0.4, 0.5) is 5.69 Å². The zero-order valence-corrected chi connectivity index (χ0v) is 12.7. The molecule has 2 amide bonds. The minimum absolute atomic E-state index is 0.0120. The van der Waals surface area contributed by atoms with Gasteiger partial charge < -0.3 is 15.7 Å². The summed E-state index contributed by atoms with van der Waals surface area (Å²) < 4.78 is 0. The molecule has 5 nitrogen and oxygen atoms in total. The van der Waals surface area contributed by atoms with Gasteiger partial charge in [0, 0.05) is 6.04 Å². The summed E-state index contributed by atoms with van der Waals surface area (Å²) in [7, 11) is 0. The molecule has 118 valence electrons. The number of hydrogen-bond acceptors (Lipinski definition) is 3. The van der Waals surface area contributed by atoms with E-state index in [0.29, 0.717) is 11.8 Å². The lowest BCUT2D eigenvalue weighted by atomic mass is 9.84. The van der Waals surface area contributed by atoms with E-state index in [4.69, 9.17) is 0 Å². The molecule has 5 heteroatoms. The van der Waals surface area contributed by atoms with Gasteiger partial charge in [-0.25, -0.2) is 0 Å². The molecule has 3 rings (SSSR count). The summed E-state index contributed by atoms with van der Waals surface area (Å²) in [5, 5.41) is 14.9. The Morgan fingerprint density at radius 3 is 2.59 bits per heavy atom. The van der Waals surface area contributed by atoms with Gasteiger partial charge in [0.1, 0.15) is 5.75 Å². The molecule has 4 unspecified atom stereocenters. The van der Waals surface area contributed by atoms with Gasteiger partial charge in [0.05, 0.1) is 5.69 Å². The van der Waals surface area contributed by atoms with Crippen LogP contribution in [0.3, 0.4) is 0 Å². The molecular formula is C17H22N2O3. The highest BCUT2D eigenvalue weighted by Gasteiger charge is 2.42. The summed E-state index contributed by atoms with van der Waals surface area (Å²) >= 11 is 0. The summed E-state index contributed by atoms with van der Waals surface area (Å²) in [4.78, 5) is 24.0. The van der Waals surface area contributed by atoms with E-state index in [1.54, 1.807) is 18.2 Å². The first kappa shape index (κ1) is 14.9. The number of phenolic OH excluding ortho intramolecular Hbond substituents is 1. The second kappa shape index (κ2) is 5.99. The molecule has 0 radical (unpaired) electrons. The Hall–Kier alpha value is -2.04. The monoisotopic (exact) mass is 302 g/mol. The maximum atomic E-state index is 12.0. The van der Waals surface area contributed by atoms with Crippen LogP contribution >= 0.6 is 0 Å². The van der Waals surface area contributed by atoms with Gasteiger partial charge >= 0.3 is 11.8 Å². The van der Waals surface area contributed by atoms with Crippen LogP contribution in [0.2, 0.25) is 0 Å². The lowest BCUT2D eigenvalue weighted by Crippen LogP contribution is -2.45. The molecule has 0 aromatic heterocycles. The van der Waals surface area contributed by atoms with E-state index in [9.17, 15) is 14.7 Å². The van der Waals surface area contributed by atoms with E-state index < -0.39 is 11.8 Å². The highest BCUT2D eigenvalue weighted by molar-refractivity contribution is 6.39. The molecule has 1 aromatic rings. The summed E-state index contributed by atoms with van der Waals surface area (Å²) in [6.45, 7) is 1.98. The maximum Gasteiger partial charge on any atom is 0.313 e. The van der Waals surface area contributed by atoms with Gasteiger partial charge in [-0.3, -0.25) is 9.59 Å². The quantitative estimate of drug-likeness (QED) is 0.592. The number of carbonyl (C=O) groups is 2. The summed E-state index contributed by atoms with van der Waals surface area (Å²) in [5.74, 6) is 0.562. The number of carbonyl (C=O) groups excluding carboxylic acids is 2. The van der Waals surface area contributed by atoms with Crippen LogP contribution in [-0.2, 0) is 9.59 Å². The van der Waals surface area contributed by atoms with Crippen molar-refractivity contribution < 1.29 is 14.7 Å². The fourth-order valence-electron chi connectivity index (χ4n) is 4.04. The van der Waals surface area contributed by atoms with Gasteiger partial charge in [-0.05, 0) is 56.1 Å². The van der Waals surface area contributed by atoms with E-state index in [1.807, 2.05) is 6.92 Å². The molecule has 0 spiro atoms. The van der Waals surface area contributed by atoms with Crippen molar-refractivity contribution >= 4 is 17.5 Å². The highest BCUT2D eigenvalue weighted by atomic mass is 16.3. The molecule has 2 aliphatic carbocycles. The minimum atomic E-state index is -0.739. The average molecular weight is 302 g/mol. The fourth-order valence-corrected chi connectivity index (χ4v) is 4.04. The number of benzene rings is 1. The van der Waals surface area contributed by atoms with Gasteiger partial charge in [0.25, 0.3) is 0 Å². The van der Waals surface area contributed by atoms with E-state index in [-0.39, 0.29) is 17.5 Å². The first-order valence-electron chi connectivity index (χ1n) is 7.94. The number of fused-ring (bicyclic) bond motifs is 2. The highest BCUT2D eigenvalue weighted by Crippen LogP contribution is 2.49. The van der Waals surface area contributed by atoms with Crippen LogP contribution in [0.15, 0.2) is 24.3 Å². The van der Waals surface area contributed by atoms with Crippen molar-refractivity contribution in [2.75, 3.05) is 5.32 Å². The summed E-state index contributed by atoms with van der Waals surface area (Å²) in [6, 6.07) is 6.37. The first-order chi connectivity index (χ1) is 10.5. The van der Waals surface area contributed by atoms with Crippen molar-refractivity contribution in [2.45, 2.75) is 38.6 Å². The number of aromatic hydroxyl groups is 1. The maximum absolute atomic E-state index is 12.0. The molecule has 2 saturated carbocycles. The molecule has 0 aliphatic heterocycles. The predicted molar refractivity (Wildman–Crippen MR) is 83.3 cm³/mol. The molecular weight excluding hydrogens is 280 g/mol. The fraction of sp³-hybridized carbons (Fsp3) is 0.529. The predicted octanol–water partition coefficient (Wildman–Crippen LogP) is 2.27. The van der Waals surface area contributed by atoms with Crippen LogP contribution < -0.4 is 10.6 Å². The zero-order chi connectivity index (χ0) is 15.7. The van der Waals surface area contributed by atoms with Crippen molar-refractivity contribution in [1.29, 1.82) is 0 Å². The molecule has 0 saturated heterocycles. The molecule has 22 heavy (non-hydrogen) atoms. The molecule has 2 aliphatic rings. The van der Waals surface area contributed by atoms with Crippen LogP contribution in [0.1, 0.15) is 32.6 Å². The zero-order valence-electron chi connectivity index (χ0n) is 12.7. The molecule has 2 fully saturated rings.